The number of rotatable bonds is 6. The Morgan fingerprint density at radius 2 is 2.24 bits per heavy atom. The molecule has 0 aliphatic carbocycles. The van der Waals surface area contributed by atoms with Gasteiger partial charge in [0.05, 0.1) is 4.92 Å². The Morgan fingerprint density at radius 1 is 1.53 bits per heavy atom. The number of likely N-dealkylation sites (N-methyl/N-ethyl adjacent to an activating group) is 2. The average molecular weight is 258 g/mol. The molecule has 1 rings (SSSR count). The first-order valence-corrected chi connectivity index (χ1v) is 5.68. The first kappa shape index (κ1) is 13.9. The number of nitrogens with zero attached hydrogens (tertiary/aromatic N) is 2. The van der Waals surface area contributed by atoms with Gasteiger partial charge in [-0.2, -0.15) is 0 Å². The standard InChI is InChI=1S/C11H16ClN3O2/c1-13-5-6-14(2)8-9-7-10(12)3-4-11(9)15(16)17/h3-4,7,13H,5-6,8H2,1-2H3. The van der Waals surface area contributed by atoms with Crippen molar-refractivity contribution in [2.45, 2.75) is 6.54 Å². The Morgan fingerprint density at radius 3 is 2.82 bits per heavy atom. The summed E-state index contributed by atoms with van der Waals surface area (Å²) in [5.74, 6) is 0. The molecule has 1 N–H and O–H groups in total. The predicted molar refractivity (Wildman–Crippen MR) is 68.4 cm³/mol. The number of nitro benzene ring substituents is 1. The summed E-state index contributed by atoms with van der Waals surface area (Å²) >= 11 is 5.86. The van der Waals surface area contributed by atoms with Crippen molar-refractivity contribution in [1.29, 1.82) is 0 Å². The Bertz CT molecular complexity index is 398. The Balaban J connectivity index is 2.81. The Kier molecular flexibility index (Phi) is 5.34. The van der Waals surface area contributed by atoms with E-state index in [4.69, 9.17) is 11.6 Å². The molecule has 0 spiro atoms. The van der Waals surface area contributed by atoms with Crippen molar-refractivity contribution in [2.75, 3.05) is 27.2 Å². The molecule has 0 aromatic heterocycles. The number of benzene rings is 1. The molecule has 0 aliphatic rings. The third-order valence-corrected chi connectivity index (χ3v) is 2.66. The fourth-order valence-corrected chi connectivity index (χ4v) is 1.73. The van der Waals surface area contributed by atoms with Gasteiger partial charge in [0.15, 0.2) is 0 Å². The molecule has 0 aliphatic heterocycles. The van der Waals surface area contributed by atoms with Crippen molar-refractivity contribution in [3.63, 3.8) is 0 Å². The molecule has 5 nitrogen and oxygen atoms in total. The van der Waals surface area contributed by atoms with Gasteiger partial charge < -0.3 is 10.2 Å². The van der Waals surface area contributed by atoms with Gasteiger partial charge in [0.25, 0.3) is 5.69 Å². The largest absolute Gasteiger partial charge is 0.318 e. The van der Waals surface area contributed by atoms with E-state index in [0.717, 1.165) is 13.1 Å². The summed E-state index contributed by atoms with van der Waals surface area (Å²) in [5, 5.41) is 14.4. The van der Waals surface area contributed by atoms with E-state index in [1.165, 1.54) is 12.1 Å². The first-order chi connectivity index (χ1) is 8.04. The van der Waals surface area contributed by atoms with Crippen LogP contribution < -0.4 is 5.32 Å². The van der Waals surface area contributed by atoms with Gasteiger partial charge in [-0.05, 0) is 26.2 Å². The second-order valence-corrected chi connectivity index (χ2v) is 4.31. The van der Waals surface area contributed by atoms with Crippen LogP contribution in [0.5, 0.6) is 0 Å². The first-order valence-electron chi connectivity index (χ1n) is 5.30. The average Bonchev–Trinajstić information content (AvgIpc) is 2.26. The summed E-state index contributed by atoms with van der Waals surface area (Å²) in [6, 6.07) is 4.63. The van der Waals surface area contributed by atoms with Crippen LogP contribution in [0.1, 0.15) is 5.56 Å². The quantitative estimate of drug-likeness (QED) is 0.625. The van der Waals surface area contributed by atoms with Crippen LogP contribution in [0.4, 0.5) is 5.69 Å². The molecule has 0 saturated heterocycles. The molecule has 94 valence electrons. The summed E-state index contributed by atoms with van der Waals surface area (Å²) in [6.45, 7) is 2.17. The van der Waals surface area contributed by atoms with Gasteiger partial charge in [-0.1, -0.05) is 11.6 Å². The fourth-order valence-electron chi connectivity index (χ4n) is 1.53. The molecule has 1 aromatic rings. The molecular weight excluding hydrogens is 242 g/mol. The van der Waals surface area contributed by atoms with Crippen molar-refractivity contribution in [1.82, 2.24) is 10.2 Å². The minimum Gasteiger partial charge on any atom is -0.318 e. The summed E-state index contributed by atoms with van der Waals surface area (Å²) < 4.78 is 0. The highest BCUT2D eigenvalue weighted by Gasteiger charge is 2.15. The summed E-state index contributed by atoms with van der Waals surface area (Å²) in [5.41, 5.74) is 0.756. The number of nitro groups is 1. The van der Waals surface area contributed by atoms with Gasteiger partial charge in [0.1, 0.15) is 0 Å². The van der Waals surface area contributed by atoms with Crippen LogP contribution in [0.15, 0.2) is 18.2 Å². The topological polar surface area (TPSA) is 58.4 Å². The van der Waals surface area contributed by atoms with E-state index in [-0.39, 0.29) is 10.6 Å². The molecule has 0 radical (unpaired) electrons. The molecule has 1 aromatic carbocycles. The van der Waals surface area contributed by atoms with Crippen LogP contribution in [0, 0.1) is 10.1 Å². The molecule has 0 amide bonds. The molecular formula is C11H16ClN3O2. The van der Waals surface area contributed by atoms with Crippen LogP contribution in [0.3, 0.4) is 0 Å². The third-order valence-electron chi connectivity index (χ3n) is 2.42. The van der Waals surface area contributed by atoms with E-state index >= 15 is 0 Å². The highest BCUT2D eigenvalue weighted by Crippen LogP contribution is 2.23. The van der Waals surface area contributed by atoms with Crippen molar-refractivity contribution in [3.8, 4) is 0 Å². The highest BCUT2D eigenvalue weighted by atomic mass is 35.5. The minimum atomic E-state index is -0.377. The zero-order valence-corrected chi connectivity index (χ0v) is 10.7. The van der Waals surface area contributed by atoms with Gasteiger partial charge in [0, 0.05) is 36.3 Å². The van der Waals surface area contributed by atoms with Gasteiger partial charge in [0.2, 0.25) is 0 Å². The fraction of sp³-hybridized carbons (Fsp3) is 0.455. The molecule has 0 atom stereocenters. The van der Waals surface area contributed by atoms with Crippen LogP contribution in [-0.4, -0.2) is 37.0 Å². The van der Waals surface area contributed by atoms with Crippen LogP contribution in [0.2, 0.25) is 5.02 Å². The van der Waals surface area contributed by atoms with E-state index in [0.29, 0.717) is 17.1 Å². The van der Waals surface area contributed by atoms with E-state index in [1.54, 1.807) is 6.07 Å². The second-order valence-electron chi connectivity index (χ2n) is 3.87. The second kappa shape index (κ2) is 6.54. The molecule has 6 heteroatoms. The third kappa shape index (κ3) is 4.30. The lowest BCUT2D eigenvalue weighted by Crippen LogP contribution is -2.27. The lowest BCUT2D eigenvalue weighted by atomic mass is 10.1. The number of nitrogens with one attached hydrogen (secondary N) is 1. The lowest BCUT2D eigenvalue weighted by Gasteiger charge is -2.16. The molecule has 0 bridgehead atoms. The van der Waals surface area contributed by atoms with E-state index in [9.17, 15) is 10.1 Å². The Labute approximate surface area is 106 Å². The van der Waals surface area contributed by atoms with Crippen molar-refractivity contribution in [2.24, 2.45) is 0 Å². The van der Waals surface area contributed by atoms with Crippen molar-refractivity contribution in [3.05, 3.63) is 38.9 Å². The smallest absolute Gasteiger partial charge is 0.273 e. The maximum Gasteiger partial charge on any atom is 0.273 e. The molecule has 17 heavy (non-hydrogen) atoms. The number of hydrogen-bond acceptors (Lipinski definition) is 4. The minimum absolute atomic E-state index is 0.116. The maximum absolute atomic E-state index is 10.9. The predicted octanol–water partition coefficient (Wildman–Crippen LogP) is 1.90. The normalized spacial score (nSPS) is 10.8. The van der Waals surface area contributed by atoms with Crippen LogP contribution in [-0.2, 0) is 6.54 Å². The lowest BCUT2D eigenvalue weighted by molar-refractivity contribution is -0.385. The molecule has 0 heterocycles. The van der Waals surface area contributed by atoms with Gasteiger partial charge in [-0.15, -0.1) is 0 Å². The van der Waals surface area contributed by atoms with E-state index in [2.05, 4.69) is 5.32 Å². The van der Waals surface area contributed by atoms with Crippen LogP contribution in [0.25, 0.3) is 0 Å². The van der Waals surface area contributed by atoms with Crippen LogP contribution >= 0.6 is 11.6 Å². The van der Waals surface area contributed by atoms with Gasteiger partial charge in [-0.25, -0.2) is 0 Å². The number of hydrogen-bond donors (Lipinski definition) is 1. The van der Waals surface area contributed by atoms with Crippen molar-refractivity contribution < 1.29 is 4.92 Å². The zero-order valence-electron chi connectivity index (χ0n) is 9.94. The monoisotopic (exact) mass is 257 g/mol. The van der Waals surface area contributed by atoms with Gasteiger partial charge in [-0.3, -0.25) is 10.1 Å². The highest BCUT2D eigenvalue weighted by molar-refractivity contribution is 6.30. The summed E-state index contributed by atoms with van der Waals surface area (Å²) in [4.78, 5) is 12.5. The molecule has 0 unspecified atom stereocenters. The zero-order chi connectivity index (χ0) is 12.8. The summed E-state index contributed by atoms with van der Waals surface area (Å²) in [6.07, 6.45) is 0. The van der Waals surface area contributed by atoms with E-state index in [1.807, 2.05) is 19.0 Å². The van der Waals surface area contributed by atoms with E-state index < -0.39 is 0 Å². The van der Waals surface area contributed by atoms with Gasteiger partial charge >= 0.3 is 0 Å². The summed E-state index contributed by atoms with van der Waals surface area (Å²) in [7, 11) is 3.79. The molecule has 0 saturated carbocycles. The molecule has 0 fully saturated rings. The SMILES string of the molecule is CNCCN(C)Cc1cc(Cl)ccc1[N+](=O)[O-]. The Hall–Kier alpha value is -1.17. The number of halogens is 1. The maximum atomic E-state index is 10.9. The van der Waals surface area contributed by atoms with Crippen molar-refractivity contribution >= 4 is 17.3 Å².